The molecule has 0 heterocycles. The molecule has 3 rings (SSSR count). The van der Waals surface area contributed by atoms with Gasteiger partial charge in [-0.25, -0.2) is 0 Å². The average molecular weight is 339 g/mol. The monoisotopic (exact) mass is 338 g/mol. The van der Waals surface area contributed by atoms with Crippen LogP contribution in [0.15, 0.2) is 24.3 Å². The molecule has 2 aliphatic carbocycles. The van der Waals surface area contributed by atoms with Crippen molar-refractivity contribution in [2.45, 2.75) is 51.1 Å². The number of rotatable bonds is 4. The van der Waals surface area contributed by atoms with E-state index in [4.69, 9.17) is 10.5 Å². The van der Waals surface area contributed by atoms with Crippen molar-refractivity contribution < 1.29 is 9.53 Å². The summed E-state index contributed by atoms with van der Waals surface area (Å²) in [6.45, 7) is 2.55. The normalized spacial score (nSPS) is 29.3. The Kier molecular flexibility index (Phi) is 6.31. The molecule has 0 radical (unpaired) electrons. The number of hydrogen-bond acceptors (Lipinski definition) is 3. The second-order valence-electron chi connectivity index (χ2n) is 6.64. The van der Waals surface area contributed by atoms with E-state index in [2.05, 4.69) is 5.32 Å². The highest BCUT2D eigenvalue weighted by molar-refractivity contribution is 5.94. The quantitative estimate of drug-likeness (QED) is 0.886. The highest BCUT2D eigenvalue weighted by atomic mass is 35.5. The third kappa shape index (κ3) is 4.18. The van der Waals surface area contributed by atoms with E-state index in [-0.39, 0.29) is 24.4 Å². The SMILES string of the molecule is CCOc1cccc(C(=O)NC2C3CCCC2CC(N)C3)c1.Cl. The average Bonchev–Trinajstić information content (AvgIpc) is 2.49. The number of carbonyl (C=O) groups is 1. The summed E-state index contributed by atoms with van der Waals surface area (Å²) in [5, 5.41) is 3.28. The number of halogens is 1. The highest BCUT2D eigenvalue weighted by Gasteiger charge is 2.39. The zero-order valence-electron chi connectivity index (χ0n) is 13.7. The van der Waals surface area contributed by atoms with Crippen LogP contribution >= 0.6 is 12.4 Å². The lowest BCUT2D eigenvalue weighted by molar-refractivity contribution is 0.0755. The molecule has 0 spiro atoms. The van der Waals surface area contributed by atoms with Gasteiger partial charge in [0.25, 0.3) is 5.91 Å². The smallest absolute Gasteiger partial charge is 0.251 e. The maximum absolute atomic E-state index is 12.6. The van der Waals surface area contributed by atoms with E-state index < -0.39 is 0 Å². The molecule has 1 aromatic carbocycles. The van der Waals surface area contributed by atoms with Crippen LogP contribution < -0.4 is 15.8 Å². The summed E-state index contributed by atoms with van der Waals surface area (Å²) in [5.74, 6) is 1.85. The van der Waals surface area contributed by atoms with Crippen molar-refractivity contribution in [1.82, 2.24) is 5.32 Å². The summed E-state index contributed by atoms with van der Waals surface area (Å²) < 4.78 is 5.48. The van der Waals surface area contributed by atoms with Crippen molar-refractivity contribution in [2.75, 3.05) is 6.61 Å². The molecule has 1 amide bonds. The van der Waals surface area contributed by atoms with Crippen molar-refractivity contribution in [3.8, 4) is 5.75 Å². The topological polar surface area (TPSA) is 64.3 Å². The van der Waals surface area contributed by atoms with Crippen molar-refractivity contribution in [1.29, 1.82) is 0 Å². The lowest BCUT2D eigenvalue weighted by Crippen LogP contribution is -2.53. The van der Waals surface area contributed by atoms with E-state index in [0.717, 1.165) is 18.6 Å². The minimum atomic E-state index is 0. The Morgan fingerprint density at radius 1 is 1.30 bits per heavy atom. The molecule has 4 nitrogen and oxygen atoms in total. The minimum Gasteiger partial charge on any atom is -0.494 e. The molecule has 2 atom stereocenters. The number of fused-ring (bicyclic) bond motifs is 2. The number of hydrogen-bond donors (Lipinski definition) is 2. The third-order valence-electron chi connectivity index (χ3n) is 5.08. The van der Waals surface area contributed by atoms with E-state index in [1.54, 1.807) is 0 Å². The molecule has 128 valence electrons. The number of nitrogens with two attached hydrogens (primary N) is 1. The van der Waals surface area contributed by atoms with Crippen LogP contribution in [0.25, 0.3) is 0 Å². The number of amides is 1. The van der Waals surface area contributed by atoms with E-state index >= 15 is 0 Å². The van der Waals surface area contributed by atoms with Gasteiger partial charge < -0.3 is 15.8 Å². The first-order valence-electron chi connectivity index (χ1n) is 8.46. The summed E-state index contributed by atoms with van der Waals surface area (Å²) in [6.07, 6.45) is 5.73. The van der Waals surface area contributed by atoms with Crippen LogP contribution in [0.4, 0.5) is 0 Å². The third-order valence-corrected chi connectivity index (χ3v) is 5.08. The molecule has 2 saturated carbocycles. The first kappa shape index (κ1) is 18.1. The Morgan fingerprint density at radius 2 is 2.00 bits per heavy atom. The summed E-state index contributed by atoms with van der Waals surface area (Å²) >= 11 is 0. The van der Waals surface area contributed by atoms with Gasteiger partial charge in [-0.05, 0) is 62.6 Å². The number of nitrogens with one attached hydrogen (secondary N) is 1. The van der Waals surface area contributed by atoms with Crippen LogP contribution in [-0.4, -0.2) is 24.6 Å². The van der Waals surface area contributed by atoms with E-state index in [0.29, 0.717) is 30.0 Å². The second kappa shape index (κ2) is 8.02. The number of ether oxygens (including phenoxy) is 1. The molecule has 0 aliphatic heterocycles. The summed E-state index contributed by atoms with van der Waals surface area (Å²) in [6, 6.07) is 8.03. The fourth-order valence-electron chi connectivity index (χ4n) is 4.15. The first-order chi connectivity index (χ1) is 10.7. The predicted molar refractivity (Wildman–Crippen MR) is 94.2 cm³/mol. The van der Waals surface area contributed by atoms with Crippen molar-refractivity contribution in [3.63, 3.8) is 0 Å². The van der Waals surface area contributed by atoms with E-state index in [1.807, 2.05) is 31.2 Å². The maximum Gasteiger partial charge on any atom is 0.251 e. The lowest BCUT2D eigenvalue weighted by Gasteiger charge is -2.45. The fourth-order valence-corrected chi connectivity index (χ4v) is 4.15. The Labute approximate surface area is 144 Å². The van der Waals surface area contributed by atoms with Crippen molar-refractivity contribution in [2.24, 2.45) is 17.6 Å². The van der Waals surface area contributed by atoms with Crippen molar-refractivity contribution >= 4 is 18.3 Å². The van der Waals surface area contributed by atoms with Gasteiger partial charge >= 0.3 is 0 Å². The second-order valence-corrected chi connectivity index (χ2v) is 6.64. The Morgan fingerprint density at radius 3 is 2.65 bits per heavy atom. The predicted octanol–water partition coefficient (Wildman–Crippen LogP) is 3.14. The molecule has 23 heavy (non-hydrogen) atoms. The van der Waals surface area contributed by atoms with Gasteiger partial charge in [-0.15, -0.1) is 12.4 Å². The molecule has 3 N–H and O–H groups in total. The Balaban J connectivity index is 0.00000192. The fraction of sp³-hybridized carbons (Fsp3) is 0.611. The Hall–Kier alpha value is -1.26. The van der Waals surface area contributed by atoms with E-state index in [1.165, 1.54) is 19.3 Å². The zero-order chi connectivity index (χ0) is 15.5. The van der Waals surface area contributed by atoms with Gasteiger partial charge in [-0.2, -0.15) is 0 Å². The van der Waals surface area contributed by atoms with Crippen LogP contribution in [0.1, 0.15) is 49.4 Å². The van der Waals surface area contributed by atoms with E-state index in [9.17, 15) is 4.79 Å². The highest BCUT2D eigenvalue weighted by Crippen LogP contribution is 2.39. The van der Waals surface area contributed by atoms with Crippen LogP contribution in [0.2, 0.25) is 0 Å². The number of benzene rings is 1. The molecule has 0 saturated heterocycles. The molecule has 2 bridgehead atoms. The van der Waals surface area contributed by atoms with Gasteiger partial charge in [0.05, 0.1) is 6.61 Å². The summed E-state index contributed by atoms with van der Waals surface area (Å²) in [7, 11) is 0. The molecule has 2 aliphatic rings. The zero-order valence-corrected chi connectivity index (χ0v) is 14.5. The largest absolute Gasteiger partial charge is 0.494 e. The van der Waals surface area contributed by atoms with Gasteiger partial charge in [0.1, 0.15) is 5.75 Å². The minimum absolute atomic E-state index is 0. The van der Waals surface area contributed by atoms with Crippen LogP contribution in [0.3, 0.4) is 0 Å². The Bertz CT molecular complexity index is 524. The molecule has 1 aromatic rings. The van der Waals surface area contributed by atoms with Crippen LogP contribution in [-0.2, 0) is 0 Å². The van der Waals surface area contributed by atoms with Gasteiger partial charge in [0.15, 0.2) is 0 Å². The summed E-state index contributed by atoms with van der Waals surface area (Å²) in [5.41, 5.74) is 6.83. The van der Waals surface area contributed by atoms with Gasteiger partial charge in [0, 0.05) is 17.6 Å². The van der Waals surface area contributed by atoms with Gasteiger partial charge in [0.2, 0.25) is 0 Å². The summed E-state index contributed by atoms with van der Waals surface area (Å²) in [4.78, 5) is 12.6. The molecular formula is C18H27ClN2O2. The van der Waals surface area contributed by atoms with Gasteiger partial charge in [-0.3, -0.25) is 4.79 Å². The first-order valence-corrected chi connectivity index (χ1v) is 8.46. The van der Waals surface area contributed by atoms with Crippen molar-refractivity contribution in [3.05, 3.63) is 29.8 Å². The molecular weight excluding hydrogens is 312 g/mol. The van der Waals surface area contributed by atoms with Crippen LogP contribution in [0, 0.1) is 11.8 Å². The van der Waals surface area contributed by atoms with Gasteiger partial charge in [-0.1, -0.05) is 12.5 Å². The lowest BCUT2D eigenvalue weighted by atomic mass is 9.67. The maximum atomic E-state index is 12.6. The molecule has 2 unspecified atom stereocenters. The molecule has 2 fully saturated rings. The standard InChI is InChI=1S/C18H26N2O2.ClH/c1-2-22-16-8-4-7-14(11-16)18(21)20-17-12-5-3-6-13(17)10-15(19)9-12;/h4,7-8,11-13,15,17H,2-3,5-6,9-10,19H2,1H3,(H,20,21);1H. The molecule has 5 heteroatoms. The molecule has 0 aromatic heterocycles. The number of carbonyl (C=O) groups excluding carboxylic acids is 1. The van der Waals surface area contributed by atoms with Crippen LogP contribution in [0.5, 0.6) is 5.75 Å².